The Balaban J connectivity index is 0.000000207. The number of fused-ring (bicyclic) bond motifs is 1. The maximum Gasteiger partial charge on any atom is 0.256 e. The molecule has 13 aromatic rings. The average Bonchev–Trinajstić information content (AvgIpc) is 1.77. The number of carbonyl (C=O) groups excluding carboxylic acids is 2. The molecule has 0 saturated heterocycles. The molecule has 0 fully saturated rings. The summed E-state index contributed by atoms with van der Waals surface area (Å²) >= 11 is 0. The molecule has 23 heteroatoms. The van der Waals surface area contributed by atoms with E-state index in [1.807, 2.05) is 121 Å². The van der Waals surface area contributed by atoms with Crippen molar-refractivity contribution < 1.29 is 32.5 Å². The second-order valence-corrected chi connectivity index (χ2v) is 35.7. The van der Waals surface area contributed by atoms with Crippen LogP contribution in [0.5, 0.6) is 11.5 Å². The first-order chi connectivity index (χ1) is 62.7. The van der Waals surface area contributed by atoms with Crippen LogP contribution in [0.25, 0.3) is 16.9 Å². The molecule has 1 aliphatic heterocycles. The molecule has 14 rings (SSSR count). The summed E-state index contributed by atoms with van der Waals surface area (Å²) in [6, 6.07) is 83.9. The second-order valence-electron chi connectivity index (χ2n) is 35.7. The number of hydrogen-bond donors (Lipinski definition) is 10. The highest BCUT2D eigenvalue weighted by Crippen LogP contribution is 2.27. The number of aryl methyl sites for hydroxylation is 1. The Labute approximate surface area is 778 Å². The Bertz CT molecular complexity index is 5250. The molecule has 698 valence electrons. The standard InChI is InChI=1S/C19H23FN2O.C17H21N3O.C16H19N.C14H18N2O2.C13H17N3.C12H17NO.C9H14N2.C8H14N2O/c1-19(2,3)22-12-14-7-6-9-15(11-14)18(23)21-13-16-8-4-5-10-17(16)20;1-17(2,3)19-12-13-7-6-8-14(11-13)16(21)20-15-9-4-5-10-18-15;1-13(2)17-16(14-9-5-3-6-10-14)15-11-7-4-8-12-15;1-10(2)15-9-13-8-14(16-18-13)11-4-6-12(17-3)7-5-11;1-11(2)14-10-12-4-6-13(7-5-12)16-9-3-8-15-16;1-9(2)13-8-10-3-4-12-11(7-10)5-6-14-12;1-8(2)11-7-9-4-3-5-10-6-9;1-6(2)9-5-8-4-7(3)11-10-8/h4-11,22H,12-13H2,1-3H3,(H,21,23);4-11,19H,12H2,1-3H3,(H,18,20,21);3-13,16-17H,1-2H3;4-8,10,15H,9H2,1-3H3;3-9,11,14H,10H2,1-2H3;3-4,7,9,13H,5-6,8H2,1-2H3;3-6,8,11H,7H2,1-2H3;4,6,9H,5H2,1-3H3. The number of nitrogens with one attached hydrogen (secondary N) is 10. The molecule has 8 aromatic carbocycles. The van der Waals surface area contributed by atoms with Gasteiger partial charge >= 0.3 is 0 Å². The van der Waals surface area contributed by atoms with Gasteiger partial charge in [0.1, 0.15) is 34.6 Å². The van der Waals surface area contributed by atoms with Gasteiger partial charge in [0.2, 0.25) is 0 Å². The lowest BCUT2D eigenvalue weighted by Gasteiger charge is -2.22. The van der Waals surface area contributed by atoms with Crippen LogP contribution in [0.4, 0.5) is 10.2 Å². The summed E-state index contributed by atoms with van der Waals surface area (Å²) in [6.45, 7) is 46.9. The number of pyridine rings is 2. The van der Waals surface area contributed by atoms with Crippen LogP contribution >= 0.6 is 0 Å². The largest absolute Gasteiger partial charge is 0.497 e. The summed E-state index contributed by atoms with van der Waals surface area (Å²) < 4.78 is 36.2. The van der Waals surface area contributed by atoms with Crippen LogP contribution in [-0.2, 0) is 58.8 Å². The molecule has 0 bridgehead atoms. The van der Waals surface area contributed by atoms with Crippen molar-refractivity contribution in [3.05, 3.63) is 364 Å². The van der Waals surface area contributed by atoms with E-state index in [1.54, 1.807) is 62.1 Å². The third-order valence-corrected chi connectivity index (χ3v) is 19.4. The lowest BCUT2D eigenvalue weighted by molar-refractivity contribution is 0.0949. The predicted octanol–water partition coefficient (Wildman–Crippen LogP) is 21.0. The highest BCUT2D eigenvalue weighted by atomic mass is 19.1. The fourth-order valence-electron chi connectivity index (χ4n) is 12.3. The van der Waals surface area contributed by atoms with E-state index < -0.39 is 0 Å². The molecule has 2 amide bonds. The Morgan fingerprint density at radius 3 is 1.54 bits per heavy atom. The number of rotatable bonds is 31. The van der Waals surface area contributed by atoms with Crippen molar-refractivity contribution >= 4 is 17.6 Å². The number of anilines is 1. The molecule has 0 radical (unpaired) electrons. The minimum Gasteiger partial charge on any atom is -0.497 e. The smallest absolute Gasteiger partial charge is 0.256 e. The molecule has 131 heavy (non-hydrogen) atoms. The van der Waals surface area contributed by atoms with Crippen molar-refractivity contribution in [2.24, 2.45) is 0 Å². The topological polar surface area (TPSA) is 269 Å². The van der Waals surface area contributed by atoms with E-state index in [0.29, 0.717) is 71.8 Å². The molecule has 10 N–H and O–H groups in total. The first-order valence-corrected chi connectivity index (χ1v) is 45.4. The van der Waals surface area contributed by atoms with Crippen molar-refractivity contribution in [3.63, 3.8) is 0 Å². The maximum absolute atomic E-state index is 13.6. The van der Waals surface area contributed by atoms with E-state index in [-0.39, 0.29) is 41.3 Å². The minimum atomic E-state index is -0.309. The number of aromatic nitrogens is 6. The number of carbonyl (C=O) groups is 2. The van der Waals surface area contributed by atoms with Crippen molar-refractivity contribution in [3.8, 4) is 28.4 Å². The first-order valence-electron chi connectivity index (χ1n) is 45.4. The van der Waals surface area contributed by atoms with E-state index in [0.717, 1.165) is 103 Å². The fraction of sp³-hybridized carbons (Fsp3) is 0.361. The van der Waals surface area contributed by atoms with Gasteiger partial charge in [0.25, 0.3) is 11.8 Å². The van der Waals surface area contributed by atoms with Crippen molar-refractivity contribution in [1.29, 1.82) is 0 Å². The van der Waals surface area contributed by atoms with Crippen LogP contribution in [0.3, 0.4) is 0 Å². The van der Waals surface area contributed by atoms with Gasteiger partial charge in [-0.2, -0.15) is 5.10 Å². The molecule has 0 saturated carbocycles. The summed E-state index contributed by atoms with van der Waals surface area (Å²) in [4.78, 5) is 32.5. The molecule has 1 aliphatic rings. The normalized spacial score (nSPS) is 11.4. The van der Waals surface area contributed by atoms with Crippen molar-refractivity contribution in [1.82, 2.24) is 77.9 Å². The molecular formula is C108H143FN16O6. The zero-order valence-electron chi connectivity index (χ0n) is 80.7. The van der Waals surface area contributed by atoms with Crippen LogP contribution in [0.15, 0.2) is 289 Å². The van der Waals surface area contributed by atoms with Crippen molar-refractivity contribution in [2.45, 2.75) is 244 Å². The number of nitrogens with zero attached hydrogens (tertiary/aromatic N) is 6. The van der Waals surface area contributed by atoms with Crippen LogP contribution in [0.1, 0.15) is 219 Å². The first kappa shape index (κ1) is 106. The highest BCUT2D eigenvalue weighted by molar-refractivity contribution is 6.03. The number of methoxy groups -OCH3 is 1. The van der Waals surface area contributed by atoms with E-state index in [4.69, 9.17) is 18.5 Å². The Kier molecular flexibility index (Phi) is 46.2. The minimum absolute atomic E-state index is 0.0170. The van der Waals surface area contributed by atoms with Gasteiger partial charge in [-0.05, 0) is 204 Å². The van der Waals surface area contributed by atoms with E-state index in [2.05, 4.69) is 312 Å². The monoisotopic (exact) mass is 1780 g/mol. The zero-order chi connectivity index (χ0) is 94.9. The molecule has 0 spiro atoms. The van der Waals surface area contributed by atoms with E-state index in [1.165, 1.54) is 39.4 Å². The molecule has 6 heterocycles. The third-order valence-electron chi connectivity index (χ3n) is 19.4. The van der Waals surface area contributed by atoms with Gasteiger partial charge < -0.3 is 71.7 Å². The van der Waals surface area contributed by atoms with E-state index >= 15 is 0 Å². The lowest BCUT2D eigenvalue weighted by atomic mass is 9.98. The fourth-order valence-corrected chi connectivity index (χ4v) is 12.3. The van der Waals surface area contributed by atoms with Gasteiger partial charge in [0.05, 0.1) is 37.7 Å². The molecule has 5 aromatic heterocycles. The van der Waals surface area contributed by atoms with Crippen LogP contribution < -0.4 is 62.6 Å². The number of amides is 2. The maximum atomic E-state index is 13.6. The van der Waals surface area contributed by atoms with Crippen LogP contribution in [0.2, 0.25) is 0 Å². The summed E-state index contributed by atoms with van der Waals surface area (Å²) in [5.41, 5.74) is 15.7. The SMILES string of the molecule is CC(C)(C)NCc1cccc(C(=O)NCc2ccccc2F)c1.CC(C)(C)NCc1cccc(C(=O)Nc2ccccn2)c1.CC(C)NC(c1ccccc1)c1ccccc1.CC(C)NCc1ccc(-n2cccn2)cc1.CC(C)NCc1ccc2c(c1)CCO2.CC(C)NCc1cccnc1.COc1ccc(-c2cc(CNC(C)C)on2)cc1.Cc1cc(CNC(C)C)no1. The van der Waals surface area contributed by atoms with Gasteiger partial charge in [-0.25, -0.2) is 14.1 Å². The van der Waals surface area contributed by atoms with Crippen molar-refractivity contribution in [2.75, 3.05) is 19.0 Å². The summed E-state index contributed by atoms with van der Waals surface area (Å²) in [7, 11) is 1.65. The Morgan fingerprint density at radius 1 is 0.473 bits per heavy atom. The number of halogens is 1. The van der Waals surface area contributed by atoms with Crippen LogP contribution in [-0.4, -0.2) is 103 Å². The summed E-state index contributed by atoms with van der Waals surface area (Å²) in [5, 5.41) is 44.7. The molecular weight excluding hydrogens is 1640 g/mol. The number of hydrogen-bond acceptors (Lipinski definition) is 19. The van der Waals surface area contributed by atoms with Gasteiger partial charge in [-0.1, -0.05) is 219 Å². The Hall–Kier alpha value is -12.2. The predicted molar refractivity (Wildman–Crippen MR) is 532 cm³/mol. The Morgan fingerprint density at radius 2 is 1.02 bits per heavy atom. The zero-order valence-corrected chi connectivity index (χ0v) is 80.7. The quantitative estimate of drug-likeness (QED) is 0.0193. The highest BCUT2D eigenvalue weighted by Gasteiger charge is 2.18. The van der Waals surface area contributed by atoms with Gasteiger partial charge in [0, 0.05) is 165 Å². The number of benzene rings is 8. The third kappa shape index (κ3) is 43.4. The lowest BCUT2D eigenvalue weighted by Crippen LogP contribution is -2.35. The molecule has 0 unspecified atom stereocenters. The van der Waals surface area contributed by atoms with Crippen LogP contribution in [0, 0.1) is 12.7 Å². The summed E-state index contributed by atoms with van der Waals surface area (Å²) in [6.07, 6.45) is 10.1. The number of ether oxygens (including phenoxy) is 2. The average molecular weight is 1780 g/mol. The van der Waals surface area contributed by atoms with Gasteiger partial charge in [0.15, 0.2) is 5.76 Å². The molecule has 22 nitrogen and oxygen atoms in total. The van der Waals surface area contributed by atoms with Gasteiger partial charge in [-0.3, -0.25) is 14.6 Å². The molecule has 0 atom stereocenters. The summed E-state index contributed by atoms with van der Waals surface area (Å²) in [5.74, 6) is 3.51. The second kappa shape index (κ2) is 57.1. The van der Waals surface area contributed by atoms with Gasteiger partial charge in [-0.15, -0.1) is 0 Å². The van der Waals surface area contributed by atoms with E-state index in [9.17, 15) is 14.0 Å². The molecule has 0 aliphatic carbocycles.